The summed E-state index contributed by atoms with van der Waals surface area (Å²) >= 11 is 0. The van der Waals surface area contributed by atoms with Crippen LogP contribution in [0.15, 0.2) is 60.7 Å². The maximum atomic E-state index is 12.7. The summed E-state index contributed by atoms with van der Waals surface area (Å²) in [4.78, 5) is 12.7. The van der Waals surface area contributed by atoms with Gasteiger partial charge in [0.1, 0.15) is 17.2 Å². The Balaban J connectivity index is 1.99. The Morgan fingerprint density at radius 1 is 0.903 bits per heavy atom. The van der Waals surface area contributed by atoms with Gasteiger partial charge in [-0.25, -0.2) is 0 Å². The second-order valence-electron chi connectivity index (χ2n) is 7.18. The van der Waals surface area contributed by atoms with Crippen LogP contribution >= 0.6 is 0 Å². The predicted molar refractivity (Wildman–Crippen MR) is 116 cm³/mol. The average Bonchev–Trinajstić information content (AvgIpc) is 2.79. The Labute approximate surface area is 179 Å². The lowest BCUT2D eigenvalue weighted by Gasteiger charge is -2.40. The molecule has 0 aromatic heterocycles. The van der Waals surface area contributed by atoms with Crippen molar-refractivity contribution in [1.29, 1.82) is 0 Å². The minimum Gasteiger partial charge on any atom is -0.507 e. The largest absolute Gasteiger partial charge is 0.507 e. The van der Waals surface area contributed by atoms with Crippen LogP contribution in [0, 0.1) is 0 Å². The van der Waals surface area contributed by atoms with E-state index in [9.17, 15) is 15.0 Å². The third kappa shape index (κ3) is 3.19. The monoisotopic (exact) mass is 421 g/mol. The van der Waals surface area contributed by atoms with Crippen LogP contribution < -0.4 is 14.8 Å². The van der Waals surface area contributed by atoms with Crippen LogP contribution in [-0.4, -0.2) is 43.6 Å². The minimum absolute atomic E-state index is 0.146. The van der Waals surface area contributed by atoms with E-state index in [4.69, 9.17) is 14.2 Å². The van der Waals surface area contributed by atoms with E-state index in [1.165, 1.54) is 14.2 Å². The number of ether oxygens (including phenoxy) is 3. The number of aromatic hydroxyl groups is 1. The number of aliphatic hydroxyl groups is 1. The van der Waals surface area contributed by atoms with Crippen molar-refractivity contribution in [1.82, 2.24) is 0 Å². The van der Waals surface area contributed by atoms with Gasteiger partial charge in [-0.15, -0.1) is 0 Å². The molecule has 7 nitrogen and oxygen atoms in total. The normalized spacial score (nSPS) is 20.0. The molecule has 0 fully saturated rings. The van der Waals surface area contributed by atoms with Crippen molar-refractivity contribution in [2.24, 2.45) is 0 Å². The zero-order valence-corrected chi connectivity index (χ0v) is 17.4. The molecule has 1 aliphatic heterocycles. The fourth-order valence-electron chi connectivity index (χ4n) is 4.10. The Bertz CT molecular complexity index is 1130. The van der Waals surface area contributed by atoms with Gasteiger partial charge < -0.3 is 29.7 Å². The summed E-state index contributed by atoms with van der Waals surface area (Å²) in [7, 11) is 4.42. The van der Waals surface area contributed by atoms with Crippen molar-refractivity contribution in [3.63, 3.8) is 0 Å². The van der Waals surface area contributed by atoms with Crippen LogP contribution in [0.3, 0.4) is 0 Å². The molecule has 0 aliphatic carbocycles. The molecule has 1 aliphatic rings. The van der Waals surface area contributed by atoms with E-state index in [0.29, 0.717) is 33.9 Å². The van der Waals surface area contributed by atoms with Gasteiger partial charge in [0.25, 0.3) is 5.91 Å². The second kappa shape index (κ2) is 7.94. The lowest BCUT2D eigenvalue weighted by Crippen LogP contribution is -2.52. The minimum atomic E-state index is -1.94. The van der Waals surface area contributed by atoms with Crippen LogP contribution in [0.5, 0.6) is 17.2 Å². The molecule has 0 radical (unpaired) electrons. The van der Waals surface area contributed by atoms with E-state index in [-0.39, 0.29) is 11.3 Å². The number of benzene rings is 3. The molecule has 1 amide bonds. The lowest BCUT2D eigenvalue weighted by molar-refractivity contribution is -0.142. The molecule has 4 rings (SSSR count). The zero-order chi connectivity index (χ0) is 22.2. The van der Waals surface area contributed by atoms with Gasteiger partial charge in [0.2, 0.25) is 0 Å². The highest BCUT2D eigenvalue weighted by molar-refractivity contribution is 6.01. The van der Waals surface area contributed by atoms with Gasteiger partial charge >= 0.3 is 0 Å². The number of anilines is 1. The van der Waals surface area contributed by atoms with Crippen molar-refractivity contribution in [2.45, 2.75) is 11.7 Å². The topological polar surface area (TPSA) is 97.3 Å². The third-order valence-electron chi connectivity index (χ3n) is 5.60. The van der Waals surface area contributed by atoms with Crippen LogP contribution in [0.2, 0.25) is 0 Å². The first-order chi connectivity index (χ1) is 14.9. The summed E-state index contributed by atoms with van der Waals surface area (Å²) in [5, 5.41) is 26.0. The summed E-state index contributed by atoms with van der Waals surface area (Å²) in [6.07, 6.45) is -1.28. The molecule has 160 valence electrons. The molecule has 0 saturated heterocycles. The Kier molecular flexibility index (Phi) is 5.31. The summed E-state index contributed by atoms with van der Waals surface area (Å²) < 4.78 is 16.0. The highest BCUT2D eigenvalue weighted by atomic mass is 16.5. The van der Waals surface area contributed by atoms with Gasteiger partial charge in [-0.2, -0.15) is 0 Å². The van der Waals surface area contributed by atoms with E-state index in [1.807, 2.05) is 18.2 Å². The van der Waals surface area contributed by atoms with Crippen molar-refractivity contribution < 1.29 is 29.2 Å². The molecule has 2 unspecified atom stereocenters. The number of carbonyl (C=O) groups is 1. The molecular weight excluding hydrogens is 398 g/mol. The molecule has 3 N–H and O–H groups in total. The molecule has 3 aromatic rings. The average molecular weight is 421 g/mol. The van der Waals surface area contributed by atoms with Crippen molar-refractivity contribution >= 4 is 11.6 Å². The van der Waals surface area contributed by atoms with E-state index in [1.54, 1.807) is 49.6 Å². The number of phenols is 1. The highest BCUT2D eigenvalue weighted by Crippen LogP contribution is 2.50. The fourth-order valence-corrected chi connectivity index (χ4v) is 4.10. The molecule has 31 heavy (non-hydrogen) atoms. The summed E-state index contributed by atoms with van der Waals surface area (Å²) in [5.41, 5.74) is -0.0211. The van der Waals surface area contributed by atoms with Crippen LogP contribution in [0.4, 0.5) is 5.69 Å². The molecule has 0 bridgehead atoms. The molecular formula is C24H23NO6. The highest BCUT2D eigenvalue weighted by Gasteiger charge is 2.51. The van der Waals surface area contributed by atoms with Gasteiger partial charge in [-0.1, -0.05) is 30.3 Å². The first-order valence-corrected chi connectivity index (χ1v) is 9.66. The number of phenolic OH excluding ortho intramolecular Hbond substituents is 1. The number of hydrogen-bond donors (Lipinski definition) is 3. The summed E-state index contributed by atoms with van der Waals surface area (Å²) in [5.74, 6) is 0.461. The standard InChI is InChI=1S/C24H23NO6/c1-29-15-10-8-14(9-11-15)24(28)20-18(25-23(27)22(24)31-3)13-12-17(21(20)26)16-6-4-5-7-19(16)30-2/h4-13,22,26,28H,1-3H3,(H,25,27). The quantitative estimate of drug-likeness (QED) is 0.585. The number of fused-ring (bicyclic) bond motifs is 1. The molecule has 1 heterocycles. The zero-order valence-electron chi connectivity index (χ0n) is 17.4. The fraction of sp³-hybridized carbons (Fsp3) is 0.208. The lowest BCUT2D eigenvalue weighted by atomic mass is 9.76. The van der Waals surface area contributed by atoms with Gasteiger partial charge in [-0.05, 0) is 35.9 Å². The van der Waals surface area contributed by atoms with E-state index < -0.39 is 17.6 Å². The van der Waals surface area contributed by atoms with E-state index >= 15 is 0 Å². The number of amides is 1. The van der Waals surface area contributed by atoms with Crippen molar-refractivity contribution in [2.75, 3.05) is 26.6 Å². The number of carbonyl (C=O) groups excluding carboxylic acids is 1. The smallest absolute Gasteiger partial charge is 0.257 e. The van der Waals surface area contributed by atoms with Gasteiger partial charge in [-0.3, -0.25) is 4.79 Å². The number of methoxy groups -OCH3 is 3. The Hall–Kier alpha value is -3.55. The molecule has 0 spiro atoms. The Morgan fingerprint density at radius 3 is 2.26 bits per heavy atom. The van der Waals surface area contributed by atoms with Crippen LogP contribution in [-0.2, 0) is 15.1 Å². The summed E-state index contributed by atoms with van der Waals surface area (Å²) in [6.45, 7) is 0. The number of para-hydroxylation sites is 1. The Morgan fingerprint density at radius 2 is 1.61 bits per heavy atom. The SMILES string of the molecule is COc1ccc(C2(O)c3c(ccc(-c4ccccc4OC)c3O)NC(=O)C2OC)cc1. The second-order valence-corrected chi connectivity index (χ2v) is 7.18. The molecule has 7 heteroatoms. The number of rotatable bonds is 5. The van der Waals surface area contributed by atoms with Gasteiger partial charge in [0.05, 0.1) is 25.5 Å². The maximum Gasteiger partial charge on any atom is 0.257 e. The van der Waals surface area contributed by atoms with Crippen molar-refractivity contribution in [3.8, 4) is 28.4 Å². The van der Waals surface area contributed by atoms with Gasteiger partial charge in [0.15, 0.2) is 11.7 Å². The van der Waals surface area contributed by atoms with Crippen LogP contribution in [0.1, 0.15) is 11.1 Å². The summed E-state index contributed by atoms with van der Waals surface area (Å²) in [6, 6.07) is 17.2. The number of nitrogens with one attached hydrogen (secondary N) is 1. The van der Waals surface area contributed by atoms with E-state index in [0.717, 1.165) is 0 Å². The predicted octanol–water partition coefficient (Wildman–Crippen LogP) is 3.28. The third-order valence-corrected chi connectivity index (χ3v) is 5.60. The number of hydrogen-bond acceptors (Lipinski definition) is 6. The maximum absolute atomic E-state index is 12.7. The molecule has 3 aromatic carbocycles. The van der Waals surface area contributed by atoms with Gasteiger partial charge in [0, 0.05) is 18.2 Å². The van der Waals surface area contributed by atoms with E-state index in [2.05, 4.69) is 5.32 Å². The first kappa shape index (κ1) is 20.7. The van der Waals surface area contributed by atoms with Crippen molar-refractivity contribution in [3.05, 3.63) is 71.8 Å². The first-order valence-electron chi connectivity index (χ1n) is 9.66. The molecule has 0 saturated carbocycles. The van der Waals surface area contributed by atoms with Crippen LogP contribution in [0.25, 0.3) is 11.1 Å². The molecule has 2 atom stereocenters.